The van der Waals surface area contributed by atoms with Gasteiger partial charge in [-0.2, -0.15) is 5.26 Å². The van der Waals surface area contributed by atoms with Crippen molar-refractivity contribution in [1.82, 2.24) is 0 Å². The molecule has 1 aliphatic carbocycles. The van der Waals surface area contributed by atoms with E-state index in [2.05, 4.69) is 0 Å². The topological polar surface area (TPSA) is 67.2 Å². The van der Waals surface area contributed by atoms with Gasteiger partial charge in [-0.1, -0.05) is 6.42 Å². The fourth-order valence-electron chi connectivity index (χ4n) is 1.90. The smallest absolute Gasteiger partial charge is 0.324 e. The van der Waals surface area contributed by atoms with E-state index in [1.807, 2.05) is 6.07 Å². The molecule has 0 amide bonds. The lowest BCUT2D eigenvalue weighted by Gasteiger charge is -2.23. The highest BCUT2D eigenvalue weighted by molar-refractivity contribution is 5.88. The summed E-state index contributed by atoms with van der Waals surface area (Å²) in [6.07, 6.45) is 2.91. The minimum Gasteiger partial charge on any atom is -0.465 e. The molecule has 1 saturated carbocycles. The first-order valence-corrected chi connectivity index (χ1v) is 5.29. The van der Waals surface area contributed by atoms with Crippen LogP contribution in [-0.2, 0) is 14.3 Å². The number of carbonyl (C=O) groups excluding carboxylic acids is 2. The average Bonchev–Trinajstić information content (AvgIpc) is 2.22. The number of hydrogen-bond acceptors (Lipinski definition) is 4. The Balaban J connectivity index is 2.69. The summed E-state index contributed by atoms with van der Waals surface area (Å²) >= 11 is 0. The van der Waals surface area contributed by atoms with Crippen molar-refractivity contribution >= 4 is 11.8 Å². The minimum atomic E-state index is -0.905. The molecule has 1 fully saturated rings. The number of esters is 1. The zero-order valence-electron chi connectivity index (χ0n) is 8.86. The minimum absolute atomic E-state index is 0.0286. The van der Waals surface area contributed by atoms with E-state index in [1.54, 1.807) is 6.92 Å². The van der Waals surface area contributed by atoms with Crippen molar-refractivity contribution in [2.75, 3.05) is 6.61 Å². The number of ketones is 1. The lowest BCUT2D eigenvalue weighted by Crippen LogP contribution is -2.32. The Morgan fingerprint density at radius 3 is 2.93 bits per heavy atom. The van der Waals surface area contributed by atoms with Crippen molar-refractivity contribution < 1.29 is 14.3 Å². The van der Waals surface area contributed by atoms with Crippen LogP contribution in [0.25, 0.3) is 0 Å². The van der Waals surface area contributed by atoms with Gasteiger partial charge in [-0.15, -0.1) is 0 Å². The third kappa shape index (κ3) is 2.79. The Labute approximate surface area is 89.2 Å². The SMILES string of the molecule is CCOC(=O)C(C#N)C1CCCCC1=O. The third-order valence-electron chi connectivity index (χ3n) is 2.68. The maximum Gasteiger partial charge on any atom is 0.324 e. The Bertz CT molecular complexity index is 293. The van der Waals surface area contributed by atoms with Gasteiger partial charge in [-0.05, 0) is 19.8 Å². The summed E-state index contributed by atoms with van der Waals surface area (Å²) in [6.45, 7) is 1.94. The zero-order valence-corrected chi connectivity index (χ0v) is 8.86. The number of rotatable bonds is 3. The van der Waals surface area contributed by atoms with Gasteiger partial charge in [0.1, 0.15) is 5.78 Å². The largest absolute Gasteiger partial charge is 0.465 e. The summed E-state index contributed by atoms with van der Waals surface area (Å²) in [7, 11) is 0. The van der Waals surface area contributed by atoms with E-state index in [9.17, 15) is 9.59 Å². The molecule has 2 atom stereocenters. The summed E-state index contributed by atoms with van der Waals surface area (Å²) in [5.74, 6) is -1.87. The molecule has 0 aromatic carbocycles. The Kier molecular flexibility index (Phi) is 4.29. The molecule has 4 nitrogen and oxygen atoms in total. The summed E-state index contributed by atoms with van der Waals surface area (Å²) in [4.78, 5) is 23.0. The summed E-state index contributed by atoms with van der Waals surface area (Å²) < 4.78 is 4.78. The van der Waals surface area contributed by atoms with Crippen LogP contribution in [0.4, 0.5) is 0 Å². The molecule has 0 aromatic heterocycles. The molecule has 0 aromatic rings. The lowest BCUT2D eigenvalue weighted by atomic mass is 9.79. The standard InChI is InChI=1S/C11H15NO3/c1-2-15-11(14)9(7-12)8-5-3-4-6-10(8)13/h8-9H,2-6H2,1H3. The van der Waals surface area contributed by atoms with Crippen LogP contribution in [0.1, 0.15) is 32.6 Å². The van der Waals surface area contributed by atoms with Crippen molar-refractivity contribution in [3.05, 3.63) is 0 Å². The Morgan fingerprint density at radius 2 is 2.40 bits per heavy atom. The number of nitriles is 1. The van der Waals surface area contributed by atoms with Crippen LogP contribution in [-0.4, -0.2) is 18.4 Å². The van der Waals surface area contributed by atoms with E-state index in [4.69, 9.17) is 10.00 Å². The van der Waals surface area contributed by atoms with Crippen LogP contribution in [0.3, 0.4) is 0 Å². The maximum absolute atomic E-state index is 11.5. The number of hydrogen-bond donors (Lipinski definition) is 0. The molecular weight excluding hydrogens is 194 g/mol. The molecule has 2 unspecified atom stereocenters. The monoisotopic (exact) mass is 209 g/mol. The first kappa shape index (κ1) is 11.7. The highest BCUT2D eigenvalue weighted by Crippen LogP contribution is 2.27. The first-order valence-electron chi connectivity index (χ1n) is 5.29. The van der Waals surface area contributed by atoms with Crippen LogP contribution in [0.5, 0.6) is 0 Å². The van der Waals surface area contributed by atoms with Crippen molar-refractivity contribution in [3.8, 4) is 6.07 Å². The Morgan fingerprint density at radius 1 is 1.67 bits per heavy atom. The van der Waals surface area contributed by atoms with E-state index >= 15 is 0 Å². The van der Waals surface area contributed by atoms with Crippen LogP contribution in [0.15, 0.2) is 0 Å². The lowest BCUT2D eigenvalue weighted by molar-refractivity contribution is -0.150. The Hall–Kier alpha value is -1.37. The molecule has 0 heterocycles. The van der Waals surface area contributed by atoms with Gasteiger partial charge in [-0.25, -0.2) is 0 Å². The molecule has 0 spiro atoms. The van der Waals surface area contributed by atoms with Gasteiger partial charge in [0.2, 0.25) is 0 Å². The van der Waals surface area contributed by atoms with Crippen LogP contribution >= 0.6 is 0 Å². The van der Waals surface area contributed by atoms with Crippen LogP contribution < -0.4 is 0 Å². The van der Waals surface area contributed by atoms with Gasteiger partial charge >= 0.3 is 5.97 Å². The number of ether oxygens (including phenoxy) is 1. The highest BCUT2D eigenvalue weighted by Gasteiger charge is 2.35. The zero-order chi connectivity index (χ0) is 11.3. The number of nitrogens with zero attached hydrogens (tertiary/aromatic N) is 1. The first-order chi connectivity index (χ1) is 7.20. The fourth-order valence-corrected chi connectivity index (χ4v) is 1.90. The molecule has 82 valence electrons. The second-order valence-corrected chi connectivity index (χ2v) is 3.68. The van der Waals surface area contributed by atoms with Crippen molar-refractivity contribution in [1.29, 1.82) is 5.26 Å². The molecular formula is C11H15NO3. The van der Waals surface area contributed by atoms with E-state index in [-0.39, 0.29) is 12.4 Å². The van der Waals surface area contributed by atoms with Crippen molar-refractivity contribution in [3.63, 3.8) is 0 Å². The second-order valence-electron chi connectivity index (χ2n) is 3.68. The number of carbonyl (C=O) groups is 2. The molecule has 4 heteroatoms. The van der Waals surface area contributed by atoms with E-state index < -0.39 is 17.8 Å². The van der Waals surface area contributed by atoms with Gasteiger partial charge in [-0.3, -0.25) is 9.59 Å². The summed E-state index contributed by atoms with van der Waals surface area (Å²) in [5, 5.41) is 8.89. The molecule has 15 heavy (non-hydrogen) atoms. The van der Waals surface area contributed by atoms with Gasteiger partial charge in [0.15, 0.2) is 5.92 Å². The molecule has 0 bridgehead atoms. The van der Waals surface area contributed by atoms with Crippen LogP contribution in [0, 0.1) is 23.2 Å². The maximum atomic E-state index is 11.5. The molecule has 0 radical (unpaired) electrons. The molecule has 1 rings (SSSR count). The normalized spacial score (nSPS) is 22.9. The molecule has 0 saturated heterocycles. The highest BCUT2D eigenvalue weighted by atomic mass is 16.5. The second kappa shape index (κ2) is 5.50. The number of Topliss-reactive ketones (excluding diaryl/α,β-unsaturated/α-hetero) is 1. The van der Waals surface area contributed by atoms with Gasteiger partial charge < -0.3 is 4.74 Å². The van der Waals surface area contributed by atoms with Crippen molar-refractivity contribution in [2.45, 2.75) is 32.6 Å². The van der Waals surface area contributed by atoms with E-state index in [0.717, 1.165) is 12.8 Å². The van der Waals surface area contributed by atoms with E-state index in [1.165, 1.54) is 0 Å². The quantitative estimate of drug-likeness (QED) is 0.660. The summed E-state index contributed by atoms with van der Waals surface area (Å²) in [6, 6.07) is 1.89. The van der Waals surface area contributed by atoms with Crippen LogP contribution in [0.2, 0.25) is 0 Å². The third-order valence-corrected chi connectivity index (χ3v) is 2.68. The average molecular weight is 209 g/mol. The predicted molar refractivity (Wildman–Crippen MR) is 52.7 cm³/mol. The predicted octanol–water partition coefficient (Wildman–Crippen LogP) is 1.45. The van der Waals surface area contributed by atoms with Gasteiger partial charge in [0.25, 0.3) is 0 Å². The van der Waals surface area contributed by atoms with Crippen molar-refractivity contribution in [2.24, 2.45) is 11.8 Å². The molecule has 0 aliphatic heterocycles. The molecule has 0 N–H and O–H groups in total. The molecule has 1 aliphatic rings. The van der Waals surface area contributed by atoms with E-state index in [0.29, 0.717) is 12.8 Å². The summed E-state index contributed by atoms with van der Waals surface area (Å²) in [5.41, 5.74) is 0. The fraction of sp³-hybridized carbons (Fsp3) is 0.727. The van der Waals surface area contributed by atoms with Gasteiger partial charge in [0.05, 0.1) is 12.7 Å². The van der Waals surface area contributed by atoms with Gasteiger partial charge in [0, 0.05) is 12.3 Å².